The Bertz CT molecular complexity index is 398. The van der Waals surface area contributed by atoms with Crippen molar-refractivity contribution < 1.29 is 23.4 Å². The summed E-state index contributed by atoms with van der Waals surface area (Å²) in [5.41, 5.74) is -1.32. The van der Waals surface area contributed by atoms with Gasteiger partial charge in [0.1, 0.15) is 5.69 Å². The molecule has 0 unspecified atom stereocenters. The topological polar surface area (TPSA) is 59.4 Å². The van der Waals surface area contributed by atoms with Gasteiger partial charge in [0.25, 0.3) is 6.43 Å². The maximum atomic E-state index is 12.4. The van der Waals surface area contributed by atoms with Crippen LogP contribution in [0, 0.1) is 0 Å². The molecule has 0 spiro atoms. The van der Waals surface area contributed by atoms with Crippen LogP contribution in [0.4, 0.5) is 8.78 Å². The van der Waals surface area contributed by atoms with Crippen LogP contribution in [0.15, 0.2) is 6.07 Å². The Morgan fingerprint density at radius 2 is 2.27 bits per heavy atom. The van der Waals surface area contributed by atoms with Crippen molar-refractivity contribution in [2.75, 3.05) is 7.11 Å². The molecule has 0 aliphatic heterocycles. The Hall–Kier alpha value is -1.43. The number of rotatable bonds is 2. The minimum atomic E-state index is -2.97. The van der Waals surface area contributed by atoms with E-state index in [1.807, 2.05) is 0 Å². The molecule has 1 rings (SSSR count). The van der Waals surface area contributed by atoms with Crippen LogP contribution in [0.1, 0.15) is 22.5 Å². The lowest BCUT2D eigenvalue weighted by Gasteiger charge is -2.07. The molecule has 0 aromatic carbocycles. The summed E-state index contributed by atoms with van der Waals surface area (Å²) in [6.45, 7) is 0. The van der Waals surface area contributed by atoms with E-state index in [1.54, 1.807) is 0 Å². The maximum Gasteiger partial charge on any atom is 0.340 e. The van der Waals surface area contributed by atoms with Gasteiger partial charge in [-0.3, -0.25) is 0 Å². The fourth-order valence-corrected chi connectivity index (χ4v) is 1.08. The van der Waals surface area contributed by atoms with Crippen LogP contribution in [-0.2, 0) is 4.74 Å². The lowest BCUT2D eigenvalue weighted by Crippen LogP contribution is -2.08. The Morgan fingerprint density at radius 1 is 1.67 bits per heavy atom. The highest BCUT2D eigenvalue weighted by Gasteiger charge is 2.23. The number of hydrogen-bond acceptors (Lipinski definition) is 4. The molecule has 0 saturated heterocycles. The van der Waals surface area contributed by atoms with Crippen molar-refractivity contribution in [1.82, 2.24) is 4.98 Å². The van der Waals surface area contributed by atoms with E-state index in [0.29, 0.717) is 0 Å². The number of nitrogens with zero attached hydrogens (tertiary/aromatic N) is 1. The molecule has 0 radical (unpaired) electrons. The normalized spacial score (nSPS) is 10.5. The van der Waals surface area contributed by atoms with Gasteiger partial charge in [0, 0.05) is 0 Å². The fraction of sp³-hybridized carbons (Fsp3) is 0.250. The van der Waals surface area contributed by atoms with Crippen LogP contribution in [0.2, 0.25) is 5.15 Å². The van der Waals surface area contributed by atoms with Crippen LogP contribution in [0.25, 0.3) is 0 Å². The highest BCUT2D eigenvalue weighted by molar-refractivity contribution is 6.30. The molecule has 15 heavy (non-hydrogen) atoms. The largest absolute Gasteiger partial charge is 0.505 e. The summed E-state index contributed by atoms with van der Waals surface area (Å²) in [5, 5.41) is 8.62. The standard InChI is InChI=1S/C8H6ClF2NO3/c1-15-8(14)3-2-4(13)6(9)12-5(3)7(10)11/h2,7,13H,1H3. The van der Waals surface area contributed by atoms with Crippen molar-refractivity contribution >= 4 is 17.6 Å². The van der Waals surface area contributed by atoms with Crippen molar-refractivity contribution in [3.63, 3.8) is 0 Å². The monoisotopic (exact) mass is 237 g/mol. The van der Waals surface area contributed by atoms with Gasteiger partial charge in [-0.2, -0.15) is 0 Å². The molecule has 0 aliphatic rings. The average molecular weight is 238 g/mol. The molecule has 0 amide bonds. The van der Waals surface area contributed by atoms with Crippen LogP contribution >= 0.6 is 11.6 Å². The molecule has 0 atom stereocenters. The van der Waals surface area contributed by atoms with Gasteiger partial charge < -0.3 is 9.84 Å². The quantitative estimate of drug-likeness (QED) is 0.633. The number of methoxy groups -OCH3 is 1. The van der Waals surface area contributed by atoms with E-state index < -0.39 is 34.6 Å². The number of alkyl halides is 2. The number of esters is 1. The van der Waals surface area contributed by atoms with E-state index in [4.69, 9.17) is 16.7 Å². The first kappa shape index (κ1) is 11.6. The van der Waals surface area contributed by atoms with E-state index in [0.717, 1.165) is 13.2 Å². The first-order valence-electron chi connectivity index (χ1n) is 3.73. The Morgan fingerprint density at radius 3 is 2.73 bits per heavy atom. The summed E-state index contributed by atoms with van der Waals surface area (Å²) in [5.74, 6) is -1.56. The lowest BCUT2D eigenvalue weighted by molar-refractivity contribution is 0.0586. The summed E-state index contributed by atoms with van der Waals surface area (Å²) in [4.78, 5) is 14.3. The van der Waals surface area contributed by atoms with Crippen molar-refractivity contribution in [2.45, 2.75) is 6.43 Å². The van der Waals surface area contributed by atoms with Crippen molar-refractivity contribution in [2.24, 2.45) is 0 Å². The molecule has 1 aromatic heterocycles. The molecule has 0 saturated carbocycles. The zero-order chi connectivity index (χ0) is 11.6. The summed E-state index contributed by atoms with van der Waals surface area (Å²) < 4.78 is 29.1. The van der Waals surface area contributed by atoms with E-state index >= 15 is 0 Å². The van der Waals surface area contributed by atoms with Gasteiger partial charge in [-0.25, -0.2) is 18.6 Å². The third kappa shape index (κ3) is 2.33. The summed E-state index contributed by atoms with van der Waals surface area (Å²) in [6, 6.07) is 0.794. The van der Waals surface area contributed by atoms with Gasteiger partial charge >= 0.3 is 5.97 Å². The SMILES string of the molecule is COC(=O)c1cc(O)c(Cl)nc1C(F)F. The fourth-order valence-electron chi connectivity index (χ4n) is 0.933. The van der Waals surface area contributed by atoms with Crippen molar-refractivity contribution in [3.05, 3.63) is 22.5 Å². The number of aromatic hydroxyl groups is 1. The molecule has 4 nitrogen and oxygen atoms in total. The molecular formula is C8H6ClF2NO3. The highest BCUT2D eigenvalue weighted by atomic mass is 35.5. The first-order chi connectivity index (χ1) is 6.97. The van der Waals surface area contributed by atoms with E-state index in [-0.39, 0.29) is 0 Å². The number of carbonyl (C=O) groups excluding carboxylic acids is 1. The number of hydrogen-bond donors (Lipinski definition) is 1. The van der Waals surface area contributed by atoms with Crippen molar-refractivity contribution in [1.29, 1.82) is 0 Å². The average Bonchev–Trinajstić information content (AvgIpc) is 2.20. The first-order valence-corrected chi connectivity index (χ1v) is 4.11. The second kappa shape index (κ2) is 4.39. The number of ether oxygens (including phenoxy) is 1. The summed E-state index contributed by atoms with van der Waals surface area (Å²) in [7, 11) is 1.03. The van der Waals surface area contributed by atoms with Gasteiger partial charge in [-0.1, -0.05) is 11.6 Å². The van der Waals surface area contributed by atoms with E-state index in [9.17, 15) is 13.6 Å². The molecule has 1 heterocycles. The Kier molecular flexibility index (Phi) is 3.41. The zero-order valence-corrected chi connectivity index (χ0v) is 8.26. The van der Waals surface area contributed by atoms with Crippen LogP contribution in [-0.4, -0.2) is 23.2 Å². The zero-order valence-electron chi connectivity index (χ0n) is 7.50. The molecule has 0 fully saturated rings. The Labute approximate surface area is 88.4 Å². The molecule has 1 N–H and O–H groups in total. The third-order valence-corrected chi connectivity index (χ3v) is 1.88. The van der Waals surface area contributed by atoms with E-state index in [2.05, 4.69) is 9.72 Å². The molecule has 0 bridgehead atoms. The smallest absolute Gasteiger partial charge is 0.340 e. The maximum absolute atomic E-state index is 12.4. The van der Waals surface area contributed by atoms with Gasteiger partial charge in [0.15, 0.2) is 10.9 Å². The Balaban J connectivity index is 3.34. The number of carbonyl (C=O) groups is 1. The second-order valence-electron chi connectivity index (χ2n) is 2.52. The minimum absolute atomic E-state index is 0.488. The molecule has 1 aromatic rings. The molecule has 0 aliphatic carbocycles. The highest BCUT2D eigenvalue weighted by Crippen LogP contribution is 2.29. The molecule has 82 valence electrons. The van der Waals surface area contributed by atoms with E-state index in [1.165, 1.54) is 0 Å². The third-order valence-electron chi connectivity index (χ3n) is 1.60. The van der Waals surface area contributed by atoms with Gasteiger partial charge in [0.2, 0.25) is 0 Å². The number of aromatic nitrogens is 1. The number of halogens is 3. The van der Waals surface area contributed by atoms with Crippen LogP contribution < -0.4 is 0 Å². The predicted octanol–water partition coefficient (Wildman–Crippen LogP) is 2.16. The molecular weight excluding hydrogens is 232 g/mol. The van der Waals surface area contributed by atoms with Gasteiger partial charge in [-0.15, -0.1) is 0 Å². The summed E-state index contributed by atoms with van der Waals surface area (Å²) >= 11 is 5.33. The predicted molar refractivity (Wildman–Crippen MR) is 47.2 cm³/mol. The lowest BCUT2D eigenvalue weighted by atomic mass is 10.2. The minimum Gasteiger partial charge on any atom is -0.505 e. The van der Waals surface area contributed by atoms with Crippen LogP contribution in [0.3, 0.4) is 0 Å². The van der Waals surface area contributed by atoms with Gasteiger partial charge in [-0.05, 0) is 6.07 Å². The van der Waals surface area contributed by atoms with Crippen LogP contribution in [0.5, 0.6) is 5.75 Å². The molecule has 7 heteroatoms. The van der Waals surface area contributed by atoms with Crippen molar-refractivity contribution in [3.8, 4) is 5.75 Å². The second-order valence-corrected chi connectivity index (χ2v) is 2.88. The summed E-state index contributed by atoms with van der Waals surface area (Å²) in [6.07, 6.45) is -2.97. The van der Waals surface area contributed by atoms with Gasteiger partial charge in [0.05, 0.1) is 12.7 Å². The number of pyridine rings is 1.